The first kappa shape index (κ1) is 11.9. The van der Waals surface area contributed by atoms with Crippen LogP contribution in [0.4, 0.5) is 0 Å². The van der Waals surface area contributed by atoms with Crippen molar-refractivity contribution in [3.05, 3.63) is 51.4 Å². The number of rotatable bonds is 2. The second-order valence-corrected chi connectivity index (χ2v) is 5.54. The Morgan fingerprint density at radius 1 is 1.20 bits per heavy atom. The van der Waals surface area contributed by atoms with Gasteiger partial charge in [-0.25, -0.2) is 4.98 Å². The topological polar surface area (TPSA) is 55.0 Å². The van der Waals surface area contributed by atoms with Crippen molar-refractivity contribution in [3.63, 3.8) is 0 Å². The number of benzene rings is 1. The lowest BCUT2D eigenvalue weighted by atomic mass is 10.1. The van der Waals surface area contributed by atoms with Crippen LogP contribution in [0.5, 0.6) is 0 Å². The van der Waals surface area contributed by atoms with Gasteiger partial charge in [0.15, 0.2) is 0 Å². The Balaban J connectivity index is 1.74. The molecule has 0 unspecified atom stereocenters. The number of fused-ring (bicyclic) bond motifs is 1. The largest absolute Gasteiger partial charge is 0.376 e. The van der Waals surface area contributed by atoms with Crippen LogP contribution in [-0.4, -0.2) is 16.6 Å². The van der Waals surface area contributed by atoms with Crippen molar-refractivity contribution in [2.24, 2.45) is 0 Å². The lowest BCUT2D eigenvalue weighted by Gasteiger charge is -2.15. The summed E-state index contributed by atoms with van der Waals surface area (Å²) in [5.74, 6) is 1.41. The van der Waals surface area contributed by atoms with Crippen molar-refractivity contribution in [1.82, 2.24) is 9.97 Å². The average molecular weight is 268 g/mol. The second-order valence-electron chi connectivity index (χ2n) is 5.54. The zero-order valence-electron chi connectivity index (χ0n) is 11.2. The number of nitrogens with zero attached hydrogens (tertiary/aromatic N) is 1. The van der Waals surface area contributed by atoms with Crippen LogP contribution in [0.15, 0.2) is 29.1 Å². The number of H-pyrrole nitrogens is 1. The zero-order chi connectivity index (χ0) is 13.5. The van der Waals surface area contributed by atoms with Crippen LogP contribution in [0.2, 0.25) is 0 Å². The normalized spacial score (nSPS) is 17.8. The standard InChI is InChI=1S/C16H16N2O2/c19-16-13-9-20-8-7-14(13)17-15(18-16)12-5-3-11(4-6-12)10-1-2-10/h3-6,10H,1-2,7-9H2,(H,17,18,19). The molecule has 20 heavy (non-hydrogen) atoms. The highest BCUT2D eigenvalue weighted by atomic mass is 16.5. The molecule has 2 aromatic rings. The van der Waals surface area contributed by atoms with E-state index in [9.17, 15) is 4.79 Å². The molecule has 0 amide bonds. The first-order valence-corrected chi connectivity index (χ1v) is 7.11. The van der Waals surface area contributed by atoms with Crippen molar-refractivity contribution < 1.29 is 4.74 Å². The van der Waals surface area contributed by atoms with Gasteiger partial charge >= 0.3 is 0 Å². The van der Waals surface area contributed by atoms with Gasteiger partial charge in [-0.05, 0) is 24.3 Å². The van der Waals surface area contributed by atoms with Gasteiger partial charge in [0.05, 0.1) is 24.5 Å². The predicted molar refractivity (Wildman–Crippen MR) is 75.6 cm³/mol. The van der Waals surface area contributed by atoms with E-state index in [0.717, 1.165) is 17.2 Å². The van der Waals surface area contributed by atoms with Crippen LogP contribution in [-0.2, 0) is 17.8 Å². The molecule has 4 heteroatoms. The Labute approximate surface area is 116 Å². The molecule has 2 aliphatic rings. The highest BCUT2D eigenvalue weighted by Crippen LogP contribution is 2.40. The molecule has 1 aliphatic carbocycles. The van der Waals surface area contributed by atoms with E-state index in [1.807, 2.05) is 0 Å². The zero-order valence-corrected chi connectivity index (χ0v) is 11.2. The van der Waals surface area contributed by atoms with Crippen molar-refractivity contribution in [2.75, 3.05) is 6.61 Å². The summed E-state index contributed by atoms with van der Waals surface area (Å²) < 4.78 is 5.31. The first-order chi connectivity index (χ1) is 9.81. The highest BCUT2D eigenvalue weighted by molar-refractivity contribution is 5.56. The number of hydrogen-bond donors (Lipinski definition) is 1. The van der Waals surface area contributed by atoms with Gasteiger partial charge in [-0.2, -0.15) is 0 Å². The summed E-state index contributed by atoms with van der Waals surface area (Å²) in [6.07, 6.45) is 3.31. The molecule has 0 saturated heterocycles. The van der Waals surface area contributed by atoms with Crippen molar-refractivity contribution in [2.45, 2.75) is 31.8 Å². The summed E-state index contributed by atoms with van der Waals surface area (Å²) in [5, 5.41) is 0. The van der Waals surface area contributed by atoms with Crippen molar-refractivity contribution in [3.8, 4) is 11.4 Å². The third-order valence-corrected chi connectivity index (χ3v) is 4.06. The Morgan fingerprint density at radius 2 is 2.00 bits per heavy atom. The smallest absolute Gasteiger partial charge is 0.256 e. The molecule has 4 nitrogen and oxygen atoms in total. The second kappa shape index (κ2) is 4.56. The number of nitrogens with one attached hydrogen (secondary N) is 1. The number of hydrogen-bond acceptors (Lipinski definition) is 3. The fourth-order valence-corrected chi connectivity index (χ4v) is 2.71. The molecule has 102 valence electrons. The molecular weight excluding hydrogens is 252 g/mol. The molecule has 0 radical (unpaired) electrons. The number of aromatic amines is 1. The fraction of sp³-hybridized carbons (Fsp3) is 0.375. The van der Waals surface area contributed by atoms with Crippen LogP contribution in [0.1, 0.15) is 35.6 Å². The Kier molecular flexibility index (Phi) is 2.70. The van der Waals surface area contributed by atoms with Crippen molar-refractivity contribution in [1.29, 1.82) is 0 Å². The van der Waals surface area contributed by atoms with Crippen LogP contribution in [0, 0.1) is 0 Å². The first-order valence-electron chi connectivity index (χ1n) is 7.11. The minimum atomic E-state index is -0.0732. The summed E-state index contributed by atoms with van der Waals surface area (Å²) in [6.45, 7) is 1.02. The molecule has 4 rings (SSSR count). The summed E-state index contributed by atoms with van der Waals surface area (Å²) >= 11 is 0. The molecule has 0 bridgehead atoms. The van der Waals surface area contributed by atoms with Crippen LogP contribution < -0.4 is 5.56 Å². The molecule has 1 aromatic carbocycles. The molecular formula is C16H16N2O2. The molecule has 1 N–H and O–H groups in total. The van der Waals surface area contributed by atoms with Gasteiger partial charge < -0.3 is 9.72 Å². The Bertz CT molecular complexity index is 699. The molecule has 1 aromatic heterocycles. The Morgan fingerprint density at radius 3 is 2.75 bits per heavy atom. The monoisotopic (exact) mass is 268 g/mol. The van der Waals surface area contributed by atoms with E-state index in [1.165, 1.54) is 18.4 Å². The van der Waals surface area contributed by atoms with Gasteiger partial charge in [0.2, 0.25) is 0 Å². The predicted octanol–water partition coefficient (Wildman–Crippen LogP) is 2.39. The van der Waals surface area contributed by atoms with Crippen LogP contribution in [0.25, 0.3) is 11.4 Å². The number of ether oxygens (including phenoxy) is 1. The van der Waals surface area contributed by atoms with Gasteiger partial charge in [0.25, 0.3) is 5.56 Å². The van der Waals surface area contributed by atoms with Gasteiger partial charge in [0.1, 0.15) is 5.82 Å². The van der Waals surface area contributed by atoms with Gasteiger partial charge in [-0.1, -0.05) is 24.3 Å². The third kappa shape index (κ3) is 2.06. The van der Waals surface area contributed by atoms with Crippen molar-refractivity contribution >= 4 is 0 Å². The molecule has 1 saturated carbocycles. The molecule has 0 spiro atoms. The lowest BCUT2D eigenvalue weighted by Crippen LogP contribution is -2.24. The van der Waals surface area contributed by atoms with Gasteiger partial charge in [-0.15, -0.1) is 0 Å². The molecule has 1 fully saturated rings. The van der Waals surface area contributed by atoms with Crippen LogP contribution in [0.3, 0.4) is 0 Å². The summed E-state index contributed by atoms with van der Waals surface area (Å²) in [5.41, 5.74) is 3.84. The number of aromatic nitrogens is 2. The van der Waals surface area contributed by atoms with E-state index in [1.54, 1.807) is 0 Å². The minimum absolute atomic E-state index is 0.0732. The van der Waals surface area contributed by atoms with E-state index < -0.39 is 0 Å². The maximum atomic E-state index is 12.1. The van der Waals surface area contributed by atoms with E-state index in [-0.39, 0.29) is 5.56 Å². The van der Waals surface area contributed by atoms with Crippen LogP contribution >= 0.6 is 0 Å². The van der Waals surface area contributed by atoms with Gasteiger partial charge in [0, 0.05) is 12.0 Å². The third-order valence-electron chi connectivity index (χ3n) is 4.06. The maximum Gasteiger partial charge on any atom is 0.256 e. The summed E-state index contributed by atoms with van der Waals surface area (Å²) in [6, 6.07) is 8.40. The minimum Gasteiger partial charge on any atom is -0.376 e. The fourth-order valence-electron chi connectivity index (χ4n) is 2.71. The Hall–Kier alpha value is -1.94. The maximum absolute atomic E-state index is 12.1. The molecule has 0 atom stereocenters. The quantitative estimate of drug-likeness (QED) is 0.909. The van der Waals surface area contributed by atoms with E-state index in [2.05, 4.69) is 34.2 Å². The molecule has 2 heterocycles. The SMILES string of the molecule is O=c1[nH]c(-c2ccc(C3CC3)cc2)nc2c1COCC2. The summed E-state index contributed by atoms with van der Waals surface area (Å²) in [7, 11) is 0. The average Bonchev–Trinajstić information content (AvgIpc) is 3.32. The van der Waals surface area contributed by atoms with E-state index >= 15 is 0 Å². The molecule has 1 aliphatic heterocycles. The van der Waals surface area contributed by atoms with Gasteiger partial charge in [-0.3, -0.25) is 4.79 Å². The van der Waals surface area contributed by atoms with E-state index in [4.69, 9.17) is 4.74 Å². The summed E-state index contributed by atoms with van der Waals surface area (Å²) in [4.78, 5) is 19.5. The highest BCUT2D eigenvalue weighted by Gasteiger charge is 2.23. The lowest BCUT2D eigenvalue weighted by molar-refractivity contribution is 0.108. The van der Waals surface area contributed by atoms with E-state index in [0.29, 0.717) is 31.0 Å².